The molecular weight excluding hydrogens is 248 g/mol. The van der Waals surface area contributed by atoms with E-state index >= 15 is 0 Å². The van der Waals surface area contributed by atoms with Gasteiger partial charge in [-0.05, 0) is 24.6 Å². The molecule has 3 N–H and O–H groups in total. The summed E-state index contributed by atoms with van der Waals surface area (Å²) in [5.74, 6) is -1.35. The minimum Gasteiger partial charge on any atom is -0.490 e. The van der Waals surface area contributed by atoms with Crippen LogP contribution in [-0.2, 0) is 4.79 Å². The van der Waals surface area contributed by atoms with Gasteiger partial charge in [0.2, 0.25) is 0 Å². The minimum absolute atomic E-state index is 0.0343. The molecule has 1 rings (SSSR count). The van der Waals surface area contributed by atoms with Crippen molar-refractivity contribution in [1.29, 1.82) is 0 Å². The molecule has 0 saturated heterocycles. The van der Waals surface area contributed by atoms with Crippen molar-refractivity contribution >= 4 is 5.97 Å². The van der Waals surface area contributed by atoms with Gasteiger partial charge in [-0.25, -0.2) is 0 Å². The zero-order valence-corrected chi connectivity index (χ0v) is 9.60. The second-order valence-corrected chi connectivity index (χ2v) is 3.33. The maximum Gasteiger partial charge on any atom is 0.387 e. The highest BCUT2D eigenvalue weighted by Crippen LogP contribution is 2.31. The summed E-state index contributed by atoms with van der Waals surface area (Å²) < 4.78 is 33.6. The van der Waals surface area contributed by atoms with Gasteiger partial charge in [0.15, 0.2) is 11.5 Å². The van der Waals surface area contributed by atoms with Crippen molar-refractivity contribution in [1.82, 2.24) is 0 Å². The summed E-state index contributed by atoms with van der Waals surface area (Å²) in [6, 6.07) is 2.54. The Labute approximate surface area is 102 Å². The lowest BCUT2D eigenvalue weighted by Gasteiger charge is -2.14. The minimum atomic E-state index is -2.98. The largest absolute Gasteiger partial charge is 0.490 e. The first kappa shape index (κ1) is 14.2. The van der Waals surface area contributed by atoms with Crippen molar-refractivity contribution in [2.24, 2.45) is 5.73 Å². The summed E-state index contributed by atoms with van der Waals surface area (Å²) in [7, 11) is 0. The molecule has 0 fully saturated rings. The third-order valence-corrected chi connectivity index (χ3v) is 2.11. The van der Waals surface area contributed by atoms with Crippen LogP contribution in [0.15, 0.2) is 18.2 Å². The van der Waals surface area contributed by atoms with Crippen molar-refractivity contribution in [3.8, 4) is 11.5 Å². The van der Waals surface area contributed by atoms with E-state index in [0.717, 1.165) is 0 Å². The Morgan fingerprint density at radius 2 is 2.11 bits per heavy atom. The first-order chi connectivity index (χ1) is 8.45. The highest BCUT2D eigenvalue weighted by atomic mass is 19.3. The standard InChI is InChI=1S/C11H13F2NO4/c1-2-17-8-5-6(9(14)10(15)16)3-4-7(8)18-11(12)13/h3-5,9,11H,2,14H2,1H3,(H,15,16). The SMILES string of the molecule is CCOc1cc(C(N)C(=O)O)ccc1OC(F)F. The van der Waals surface area contributed by atoms with E-state index in [1.807, 2.05) is 0 Å². The van der Waals surface area contributed by atoms with Gasteiger partial charge in [-0.15, -0.1) is 0 Å². The van der Waals surface area contributed by atoms with Crippen molar-refractivity contribution in [2.75, 3.05) is 6.61 Å². The van der Waals surface area contributed by atoms with Crippen LogP contribution < -0.4 is 15.2 Å². The summed E-state index contributed by atoms with van der Waals surface area (Å²) >= 11 is 0. The fourth-order valence-corrected chi connectivity index (χ4v) is 1.32. The van der Waals surface area contributed by atoms with Gasteiger partial charge >= 0.3 is 12.6 Å². The predicted octanol–water partition coefficient (Wildman–Crippen LogP) is 1.77. The molecule has 0 spiro atoms. The van der Waals surface area contributed by atoms with E-state index in [2.05, 4.69) is 4.74 Å². The molecule has 5 nitrogen and oxygen atoms in total. The van der Waals surface area contributed by atoms with Gasteiger partial charge in [-0.1, -0.05) is 6.07 Å². The van der Waals surface area contributed by atoms with Gasteiger partial charge < -0.3 is 20.3 Å². The maximum atomic E-state index is 12.1. The topological polar surface area (TPSA) is 81.8 Å². The molecule has 1 aromatic rings. The number of alkyl halides is 2. The van der Waals surface area contributed by atoms with E-state index in [4.69, 9.17) is 15.6 Å². The Balaban J connectivity index is 3.05. The van der Waals surface area contributed by atoms with Crippen LogP contribution in [0.25, 0.3) is 0 Å². The maximum absolute atomic E-state index is 12.1. The van der Waals surface area contributed by atoms with Crippen LogP contribution >= 0.6 is 0 Å². The quantitative estimate of drug-likeness (QED) is 0.815. The number of benzene rings is 1. The molecule has 0 amide bonds. The summed E-state index contributed by atoms with van der Waals surface area (Å²) in [5.41, 5.74) is 5.65. The summed E-state index contributed by atoms with van der Waals surface area (Å²) in [6.45, 7) is -1.09. The van der Waals surface area contributed by atoms with Crippen LogP contribution in [0.2, 0.25) is 0 Å². The zero-order valence-electron chi connectivity index (χ0n) is 9.60. The van der Waals surface area contributed by atoms with E-state index in [1.165, 1.54) is 18.2 Å². The number of halogens is 2. The van der Waals surface area contributed by atoms with E-state index in [9.17, 15) is 13.6 Å². The van der Waals surface area contributed by atoms with Gasteiger partial charge in [0, 0.05) is 0 Å². The van der Waals surface area contributed by atoms with Gasteiger partial charge in [-0.3, -0.25) is 4.79 Å². The summed E-state index contributed by atoms with van der Waals surface area (Å²) in [4.78, 5) is 10.7. The Morgan fingerprint density at radius 1 is 1.44 bits per heavy atom. The number of carbonyl (C=O) groups is 1. The van der Waals surface area contributed by atoms with Crippen LogP contribution in [0.5, 0.6) is 11.5 Å². The fraction of sp³-hybridized carbons (Fsp3) is 0.364. The molecule has 0 aliphatic heterocycles. The molecular formula is C11H13F2NO4. The first-order valence-corrected chi connectivity index (χ1v) is 5.15. The van der Waals surface area contributed by atoms with Gasteiger partial charge in [-0.2, -0.15) is 8.78 Å². The highest BCUT2D eigenvalue weighted by Gasteiger charge is 2.18. The Hall–Kier alpha value is -1.89. The number of carboxylic acid groups (broad SMARTS) is 1. The number of hydrogen-bond acceptors (Lipinski definition) is 4. The summed E-state index contributed by atoms with van der Waals surface area (Å²) in [6.07, 6.45) is 0. The molecule has 18 heavy (non-hydrogen) atoms. The van der Waals surface area contributed by atoms with E-state index in [-0.39, 0.29) is 23.7 Å². The number of rotatable bonds is 6. The monoisotopic (exact) mass is 261 g/mol. The molecule has 0 saturated carbocycles. The molecule has 1 unspecified atom stereocenters. The van der Waals surface area contributed by atoms with E-state index in [1.54, 1.807) is 6.92 Å². The van der Waals surface area contributed by atoms with Crippen LogP contribution in [0, 0.1) is 0 Å². The van der Waals surface area contributed by atoms with Crippen LogP contribution in [0.4, 0.5) is 8.78 Å². The second-order valence-electron chi connectivity index (χ2n) is 3.33. The molecule has 0 aromatic heterocycles. The zero-order chi connectivity index (χ0) is 13.7. The average molecular weight is 261 g/mol. The predicted molar refractivity (Wildman–Crippen MR) is 58.8 cm³/mol. The van der Waals surface area contributed by atoms with Crippen LogP contribution in [-0.4, -0.2) is 24.3 Å². The lowest BCUT2D eigenvalue weighted by atomic mass is 10.1. The Morgan fingerprint density at radius 3 is 2.61 bits per heavy atom. The third-order valence-electron chi connectivity index (χ3n) is 2.11. The van der Waals surface area contributed by atoms with Gasteiger partial charge in [0.25, 0.3) is 0 Å². The van der Waals surface area contributed by atoms with Crippen molar-refractivity contribution in [3.63, 3.8) is 0 Å². The Bertz CT molecular complexity index is 426. The molecule has 7 heteroatoms. The lowest BCUT2D eigenvalue weighted by Crippen LogP contribution is -2.20. The van der Waals surface area contributed by atoms with Crippen LogP contribution in [0.3, 0.4) is 0 Å². The molecule has 100 valence electrons. The van der Waals surface area contributed by atoms with Crippen LogP contribution in [0.1, 0.15) is 18.5 Å². The number of nitrogens with two attached hydrogens (primary N) is 1. The highest BCUT2D eigenvalue weighted by molar-refractivity contribution is 5.75. The summed E-state index contributed by atoms with van der Waals surface area (Å²) in [5, 5.41) is 8.75. The smallest absolute Gasteiger partial charge is 0.387 e. The lowest BCUT2D eigenvalue weighted by molar-refractivity contribution is -0.138. The molecule has 0 aliphatic carbocycles. The third kappa shape index (κ3) is 3.56. The van der Waals surface area contributed by atoms with Crippen molar-refractivity contribution < 1.29 is 28.2 Å². The number of aliphatic carboxylic acids is 1. The number of ether oxygens (including phenoxy) is 2. The fourth-order valence-electron chi connectivity index (χ4n) is 1.32. The normalized spacial score (nSPS) is 12.3. The van der Waals surface area contributed by atoms with Gasteiger partial charge in [0.1, 0.15) is 6.04 Å². The van der Waals surface area contributed by atoms with Gasteiger partial charge in [0.05, 0.1) is 6.61 Å². The molecule has 1 atom stereocenters. The van der Waals surface area contributed by atoms with E-state index in [0.29, 0.717) is 0 Å². The second kappa shape index (κ2) is 6.15. The molecule has 1 aromatic carbocycles. The Kier molecular flexibility index (Phi) is 4.85. The molecule has 0 radical (unpaired) electrons. The van der Waals surface area contributed by atoms with E-state index < -0.39 is 18.6 Å². The van der Waals surface area contributed by atoms with Crippen molar-refractivity contribution in [3.05, 3.63) is 23.8 Å². The molecule has 0 heterocycles. The first-order valence-electron chi connectivity index (χ1n) is 5.15. The number of hydrogen-bond donors (Lipinski definition) is 2. The molecule has 0 aliphatic rings. The van der Waals surface area contributed by atoms with Crippen molar-refractivity contribution in [2.45, 2.75) is 19.6 Å². The molecule has 0 bridgehead atoms. The average Bonchev–Trinajstić information content (AvgIpc) is 2.30. The number of carboxylic acids is 1.